The van der Waals surface area contributed by atoms with Crippen molar-refractivity contribution < 1.29 is 14.6 Å². The molecule has 1 aromatic carbocycles. The summed E-state index contributed by atoms with van der Waals surface area (Å²) >= 11 is 0. The summed E-state index contributed by atoms with van der Waals surface area (Å²) in [6.45, 7) is 12.2. The van der Waals surface area contributed by atoms with Crippen LogP contribution in [0.4, 0.5) is 0 Å². The minimum Gasteiger partial charge on any atom is -0.458 e. The van der Waals surface area contributed by atoms with Gasteiger partial charge >= 0.3 is 5.97 Å². The zero-order valence-corrected chi connectivity index (χ0v) is 25.3. The molecule has 5 aliphatic rings. The molecule has 5 fully saturated rings. The van der Waals surface area contributed by atoms with Crippen molar-refractivity contribution in [1.29, 1.82) is 0 Å². The van der Waals surface area contributed by atoms with Gasteiger partial charge in [0, 0.05) is 0 Å². The summed E-state index contributed by atoms with van der Waals surface area (Å²) in [6, 6.07) is 9.61. The number of fused-ring (bicyclic) bond motifs is 5. The standard InChI is InChI=1S/C36H54O3/c1-6-36(38)19-18-34(4)27(22-36)12-13-28-30-15-14-29(35(30,5)17-16-31(28)34)24(3)32(21-26-20-23(26)2)39-33(37)25-10-8-7-9-11-25/h7-11,23-24,26-32,38H,6,12-22H2,1-5H3/t23?,24-,26?,27-,28-,29+,30-,31-,32+,34-,35+,36-/m0/s1. The average Bonchev–Trinajstić information content (AvgIpc) is 3.51. The molecule has 0 bridgehead atoms. The van der Waals surface area contributed by atoms with E-state index in [9.17, 15) is 9.90 Å². The summed E-state index contributed by atoms with van der Waals surface area (Å²) in [6.07, 6.45) is 14.5. The second kappa shape index (κ2) is 10.2. The highest BCUT2D eigenvalue weighted by Gasteiger charge is 2.62. The molecule has 0 radical (unpaired) electrons. The first-order valence-electron chi connectivity index (χ1n) is 16.6. The van der Waals surface area contributed by atoms with Crippen LogP contribution in [0, 0.1) is 58.2 Å². The third kappa shape index (κ3) is 4.81. The van der Waals surface area contributed by atoms with E-state index < -0.39 is 5.60 Å². The van der Waals surface area contributed by atoms with Gasteiger partial charge in [0.2, 0.25) is 0 Å². The Labute approximate surface area is 237 Å². The van der Waals surface area contributed by atoms with E-state index in [2.05, 4.69) is 34.6 Å². The molecule has 3 nitrogen and oxygen atoms in total. The number of ether oxygens (including phenoxy) is 1. The normalized spacial score (nSPS) is 46.4. The first kappa shape index (κ1) is 27.8. The topological polar surface area (TPSA) is 46.5 Å². The number of carbonyl (C=O) groups excluding carboxylic acids is 1. The van der Waals surface area contributed by atoms with Crippen molar-refractivity contribution in [2.75, 3.05) is 0 Å². The largest absolute Gasteiger partial charge is 0.458 e. The second-order valence-corrected chi connectivity index (χ2v) is 15.5. The molecule has 216 valence electrons. The van der Waals surface area contributed by atoms with Crippen LogP contribution in [-0.4, -0.2) is 22.8 Å². The smallest absolute Gasteiger partial charge is 0.338 e. The fourth-order valence-electron chi connectivity index (χ4n) is 11.0. The molecule has 12 atom stereocenters. The Morgan fingerprint density at radius 3 is 2.41 bits per heavy atom. The quantitative estimate of drug-likeness (QED) is 0.356. The molecule has 0 aromatic heterocycles. The first-order valence-corrected chi connectivity index (χ1v) is 16.6. The number of rotatable bonds is 7. The zero-order chi connectivity index (χ0) is 27.6. The maximum absolute atomic E-state index is 13.2. The molecule has 0 amide bonds. The lowest BCUT2D eigenvalue weighted by Crippen LogP contribution is -2.56. The molecule has 39 heavy (non-hydrogen) atoms. The Morgan fingerprint density at radius 1 is 1.00 bits per heavy atom. The van der Waals surface area contributed by atoms with Crippen LogP contribution in [0.5, 0.6) is 0 Å². The van der Waals surface area contributed by atoms with Crippen LogP contribution in [0.1, 0.15) is 122 Å². The van der Waals surface area contributed by atoms with E-state index in [0.717, 1.165) is 49.4 Å². The number of benzene rings is 1. The maximum atomic E-state index is 13.2. The third-order valence-corrected chi connectivity index (χ3v) is 13.9. The van der Waals surface area contributed by atoms with Crippen molar-refractivity contribution in [3.8, 4) is 0 Å². The molecule has 0 spiro atoms. The van der Waals surface area contributed by atoms with Gasteiger partial charge in [0.05, 0.1) is 11.2 Å². The maximum Gasteiger partial charge on any atom is 0.338 e. The van der Waals surface area contributed by atoms with Crippen LogP contribution in [0.25, 0.3) is 0 Å². The molecule has 3 heteroatoms. The lowest BCUT2D eigenvalue weighted by atomic mass is 9.43. The lowest BCUT2D eigenvalue weighted by molar-refractivity contribution is -0.154. The number of hydrogen-bond donors (Lipinski definition) is 1. The molecule has 2 unspecified atom stereocenters. The summed E-state index contributed by atoms with van der Waals surface area (Å²) < 4.78 is 6.40. The summed E-state index contributed by atoms with van der Waals surface area (Å²) in [5, 5.41) is 11.2. The molecule has 0 aliphatic heterocycles. The lowest BCUT2D eigenvalue weighted by Gasteiger charge is -2.62. The van der Waals surface area contributed by atoms with Gasteiger partial charge in [0.15, 0.2) is 0 Å². The fraction of sp³-hybridized carbons (Fsp3) is 0.806. The molecule has 0 heterocycles. The highest BCUT2D eigenvalue weighted by Crippen LogP contribution is 2.69. The average molecular weight is 535 g/mol. The predicted molar refractivity (Wildman–Crippen MR) is 157 cm³/mol. The molecule has 6 rings (SSSR count). The van der Waals surface area contributed by atoms with Gasteiger partial charge in [0.25, 0.3) is 0 Å². The van der Waals surface area contributed by atoms with Gasteiger partial charge in [-0.05, 0) is 147 Å². The van der Waals surface area contributed by atoms with Crippen molar-refractivity contribution in [2.45, 2.75) is 123 Å². The van der Waals surface area contributed by atoms with E-state index in [-0.39, 0.29) is 12.1 Å². The number of carbonyl (C=O) groups is 1. The van der Waals surface area contributed by atoms with Crippen molar-refractivity contribution in [3.63, 3.8) is 0 Å². The molecule has 5 saturated carbocycles. The van der Waals surface area contributed by atoms with Gasteiger partial charge in [-0.3, -0.25) is 0 Å². The predicted octanol–water partition coefficient (Wildman–Crippen LogP) is 8.69. The Kier molecular flexibility index (Phi) is 7.26. The van der Waals surface area contributed by atoms with Gasteiger partial charge in [-0.2, -0.15) is 0 Å². The third-order valence-electron chi connectivity index (χ3n) is 13.9. The summed E-state index contributed by atoms with van der Waals surface area (Å²) in [5.41, 5.74) is 1.03. The van der Waals surface area contributed by atoms with E-state index in [0.29, 0.717) is 40.1 Å². The number of aliphatic hydroxyl groups is 1. The Morgan fingerprint density at radius 2 is 1.72 bits per heavy atom. The molecule has 1 aromatic rings. The Bertz CT molecular complexity index is 1040. The summed E-state index contributed by atoms with van der Waals surface area (Å²) in [7, 11) is 0. The summed E-state index contributed by atoms with van der Waals surface area (Å²) in [4.78, 5) is 13.2. The van der Waals surface area contributed by atoms with E-state index in [4.69, 9.17) is 4.74 Å². The SMILES string of the molecule is CC[C@]1(O)CC[C@@]2(C)[C@@H](CC[C@@H]3[C@@H]2CC[C@]2(C)[C@@H]([C@H](C)[C@@H](CC4CC4C)OC(=O)c4ccccc4)CC[C@@H]32)C1. The van der Waals surface area contributed by atoms with Gasteiger partial charge in [-0.25, -0.2) is 4.79 Å². The molecule has 0 saturated heterocycles. The molecule has 5 aliphatic carbocycles. The number of esters is 1. The van der Waals surface area contributed by atoms with E-state index in [1.54, 1.807) is 0 Å². The van der Waals surface area contributed by atoms with Crippen LogP contribution in [0.15, 0.2) is 30.3 Å². The highest BCUT2D eigenvalue weighted by atomic mass is 16.5. The van der Waals surface area contributed by atoms with Gasteiger partial charge in [-0.15, -0.1) is 0 Å². The molecule has 1 N–H and O–H groups in total. The van der Waals surface area contributed by atoms with Gasteiger partial charge in [0.1, 0.15) is 6.10 Å². The Balaban J connectivity index is 1.19. The minimum atomic E-state index is -0.417. The van der Waals surface area contributed by atoms with E-state index in [1.807, 2.05) is 30.3 Å². The van der Waals surface area contributed by atoms with Gasteiger partial charge in [-0.1, -0.05) is 52.8 Å². The molecular weight excluding hydrogens is 480 g/mol. The highest BCUT2D eigenvalue weighted by molar-refractivity contribution is 5.89. The van der Waals surface area contributed by atoms with Crippen molar-refractivity contribution in [1.82, 2.24) is 0 Å². The zero-order valence-electron chi connectivity index (χ0n) is 25.3. The van der Waals surface area contributed by atoms with Crippen LogP contribution in [0.3, 0.4) is 0 Å². The molecular formula is C36H54O3. The van der Waals surface area contributed by atoms with Crippen molar-refractivity contribution in [3.05, 3.63) is 35.9 Å². The van der Waals surface area contributed by atoms with E-state index in [1.165, 1.54) is 51.4 Å². The van der Waals surface area contributed by atoms with Crippen LogP contribution in [0.2, 0.25) is 0 Å². The van der Waals surface area contributed by atoms with Crippen LogP contribution in [-0.2, 0) is 4.74 Å². The van der Waals surface area contributed by atoms with Crippen molar-refractivity contribution >= 4 is 5.97 Å². The van der Waals surface area contributed by atoms with Crippen LogP contribution >= 0.6 is 0 Å². The Hall–Kier alpha value is -1.35. The van der Waals surface area contributed by atoms with Crippen molar-refractivity contribution in [2.24, 2.45) is 58.2 Å². The van der Waals surface area contributed by atoms with Gasteiger partial charge < -0.3 is 9.84 Å². The van der Waals surface area contributed by atoms with E-state index >= 15 is 0 Å². The first-order chi connectivity index (χ1) is 18.6. The second-order valence-electron chi connectivity index (χ2n) is 15.5. The summed E-state index contributed by atoms with van der Waals surface area (Å²) in [5.74, 6) is 5.54. The minimum absolute atomic E-state index is 0.0178. The van der Waals surface area contributed by atoms with Crippen LogP contribution < -0.4 is 0 Å². The monoisotopic (exact) mass is 534 g/mol. The fourth-order valence-corrected chi connectivity index (χ4v) is 11.0. The number of hydrogen-bond acceptors (Lipinski definition) is 3.